The van der Waals surface area contributed by atoms with Crippen molar-refractivity contribution in [3.63, 3.8) is 0 Å². The van der Waals surface area contributed by atoms with Crippen LogP contribution in [0.5, 0.6) is 0 Å². The summed E-state index contributed by atoms with van der Waals surface area (Å²) in [5.41, 5.74) is 1.50. The Hall–Kier alpha value is -1.17. The van der Waals surface area contributed by atoms with Crippen LogP contribution in [-0.4, -0.2) is 24.5 Å². The van der Waals surface area contributed by atoms with Crippen molar-refractivity contribution in [2.45, 2.75) is 0 Å². The number of aromatic nitrogens is 3. The molecule has 1 heterocycles. The van der Waals surface area contributed by atoms with Crippen molar-refractivity contribution >= 4 is 17.0 Å². The van der Waals surface area contributed by atoms with Gasteiger partial charge in [0, 0.05) is 0 Å². The molecular formula is C7H4AgN3O2. The predicted octanol–water partition coefficient (Wildman–Crippen LogP) is 0.439. The molecule has 6 heteroatoms. The van der Waals surface area contributed by atoms with E-state index >= 15 is 0 Å². The van der Waals surface area contributed by atoms with E-state index in [-0.39, 0.29) is 5.56 Å². The molecule has 13 heavy (non-hydrogen) atoms. The molecule has 0 fully saturated rings. The van der Waals surface area contributed by atoms with Gasteiger partial charge in [-0.15, -0.1) is 0 Å². The average Bonchev–Trinajstić information content (AvgIpc) is 2.47. The Bertz CT molecular complexity index is 480. The van der Waals surface area contributed by atoms with Crippen molar-refractivity contribution < 1.29 is 31.2 Å². The zero-order valence-electron chi connectivity index (χ0n) is 6.23. The molecule has 0 radical (unpaired) electrons. The number of carboxylic acids is 1. The van der Waals surface area contributed by atoms with Crippen molar-refractivity contribution in [2.24, 2.45) is 0 Å². The summed E-state index contributed by atoms with van der Waals surface area (Å²) in [6.07, 6.45) is 0. The Balaban J connectivity index is 2.70. The van der Waals surface area contributed by atoms with E-state index in [0.717, 1.165) is 5.52 Å². The second-order valence-electron chi connectivity index (χ2n) is 2.43. The van der Waals surface area contributed by atoms with Crippen LogP contribution < -0.4 is 0 Å². The summed E-state index contributed by atoms with van der Waals surface area (Å²) >= 11 is 3.14. The van der Waals surface area contributed by atoms with Gasteiger partial charge in [0.15, 0.2) is 0 Å². The van der Waals surface area contributed by atoms with Crippen molar-refractivity contribution in [2.75, 3.05) is 0 Å². The third kappa shape index (κ3) is 1.37. The standard InChI is InChI=1S/C7H5N3O2.Ag/c11-7(12)4-1-2-5-6(3-4)9-10-8-5;/h1-3H,(H2,8,9,10,11,12);/q;+1/p-1. The molecule has 1 aromatic heterocycles. The van der Waals surface area contributed by atoms with E-state index in [1.165, 1.54) is 15.2 Å². The number of fused-ring (bicyclic) bond motifs is 1. The first kappa shape index (κ1) is 8.43. The summed E-state index contributed by atoms with van der Waals surface area (Å²) in [7, 11) is 0. The number of aromatic carboxylic acids is 1. The summed E-state index contributed by atoms with van der Waals surface area (Å²) in [5.74, 6) is -0.967. The van der Waals surface area contributed by atoms with E-state index in [0.29, 0.717) is 5.52 Å². The molecule has 2 rings (SSSR count). The zero-order chi connectivity index (χ0) is 9.42. The number of hydrogen-bond acceptors (Lipinski definition) is 3. The molecule has 1 aromatic carbocycles. The van der Waals surface area contributed by atoms with Gasteiger partial charge in [-0.05, 0) is 0 Å². The Labute approximate surface area is 85.6 Å². The Kier molecular flexibility index (Phi) is 1.91. The summed E-state index contributed by atoms with van der Waals surface area (Å²) in [4.78, 5) is 10.6. The van der Waals surface area contributed by atoms with Crippen LogP contribution in [0.3, 0.4) is 0 Å². The molecule has 0 amide bonds. The number of hydrogen-bond donors (Lipinski definition) is 1. The van der Waals surface area contributed by atoms with Gasteiger partial charge in [0.2, 0.25) is 0 Å². The quantitative estimate of drug-likeness (QED) is 0.763. The van der Waals surface area contributed by atoms with E-state index in [1.807, 2.05) is 0 Å². The maximum absolute atomic E-state index is 10.6. The SMILES string of the molecule is O=C(O)c1ccc2c(c1)nn[n]2[Ag]. The summed E-state index contributed by atoms with van der Waals surface area (Å²) in [6, 6.07) is 4.63. The predicted molar refractivity (Wildman–Crippen MR) is 39.9 cm³/mol. The van der Waals surface area contributed by atoms with Crippen molar-refractivity contribution in [3.8, 4) is 0 Å². The molecule has 5 nitrogen and oxygen atoms in total. The van der Waals surface area contributed by atoms with Crippen LogP contribution in [-0.2, 0) is 21.3 Å². The molecule has 0 saturated carbocycles. The van der Waals surface area contributed by atoms with E-state index in [1.54, 1.807) is 6.07 Å². The van der Waals surface area contributed by atoms with E-state index in [4.69, 9.17) is 5.11 Å². The van der Waals surface area contributed by atoms with Crippen molar-refractivity contribution in [1.82, 2.24) is 13.4 Å². The Morgan fingerprint density at radius 2 is 2.31 bits per heavy atom. The summed E-state index contributed by atoms with van der Waals surface area (Å²) < 4.78 is 1.41. The van der Waals surface area contributed by atoms with Gasteiger partial charge in [0.05, 0.1) is 0 Å². The molecule has 0 saturated heterocycles. The molecule has 0 aliphatic rings. The minimum atomic E-state index is -0.967. The normalized spacial score (nSPS) is 10.6. The first-order valence-electron chi connectivity index (χ1n) is 3.40. The molecule has 0 unspecified atom stereocenters. The monoisotopic (exact) mass is 269 g/mol. The van der Waals surface area contributed by atoms with Crippen molar-refractivity contribution in [3.05, 3.63) is 23.8 Å². The van der Waals surface area contributed by atoms with Gasteiger partial charge in [0.1, 0.15) is 0 Å². The molecule has 1 N–H and O–H groups in total. The van der Waals surface area contributed by atoms with E-state index in [9.17, 15) is 4.79 Å². The van der Waals surface area contributed by atoms with Gasteiger partial charge in [0.25, 0.3) is 0 Å². The number of benzene rings is 1. The molecule has 0 aliphatic heterocycles. The molecule has 0 bridgehead atoms. The minimum absolute atomic E-state index is 0.209. The first-order valence-corrected chi connectivity index (χ1v) is 4.06. The Morgan fingerprint density at radius 3 is 3.00 bits per heavy atom. The summed E-state index contributed by atoms with van der Waals surface area (Å²) in [6.45, 7) is 0. The van der Waals surface area contributed by atoms with Gasteiger partial charge in [-0.3, -0.25) is 0 Å². The van der Waals surface area contributed by atoms with Gasteiger partial charge in [-0.1, -0.05) is 0 Å². The van der Waals surface area contributed by atoms with Crippen LogP contribution in [0, 0.1) is 0 Å². The molecule has 70 valence electrons. The average molecular weight is 270 g/mol. The van der Waals surface area contributed by atoms with Crippen LogP contribution in [0.1, 0.15) is 10.4 Å². The van der Waals surface area contributed by atoms with Crippen LogP contribution in [0.2, 0.25) is 0 Å². The fourth-order valence-corrected chi connectivity index (χ4v) is 1.36. The molecule has 0 aliphatic carbocycles. The third-order valence-corrected chi connectivity index (χ3v) is 2.12. The second-order valence-corrected chi connectivity index (χ2v) is 3.05. The first-order chi connectivity index (χ1) is 6.18. The third-order valence-electron chi connectivity index (χ3n) is 1.63. The van der Waals surface area contributed by atoms with Crippen molar-refractivity contribution in [1.29, 1.82) is 0 Å². The zero-order valence-corrected chi connectivity index (χ0v) is 7.71. The van der Waals surface area contributed by atoms with Crippen LogP contribution in [0.4, 0.5) is 0 Å². The van der Waals surface area contributed by atoms with Crippen LogP contribution >= 0.6 is 0 Å². The van der Waals surface area contributed by atoms with Gasteiger partial charge < -0.3 is 0 Å². The number of carbonyl (C=O) groups is 1. The fourth-order valence-electron chi connectivity index (χ4n) is 1.01. The molecule has 2 aromatic rings. The van der Waals surface area contributed by atoms with Crippen LogP contribution in [0.25, 0.3) is 11.0 Å². The molecule has 0 atom stereocenters. The Morgan fingerprint density at radius 1 is 1.54 bits per heavy atom. The molecular weight excluding hydrogens is 266 g/mol. The second kappa shape index (κ2) is 2.95. The van der Waals surface area contributed by atoms with E-state index < -0.39 is 5.97 Å². The molecule has 0 spiro atoms. The fraction of sp³-hybridized carbons (Fsp3) is 0. The van der Waals surface area contributed by atoms with Gasteiger partial charge in [-0.25, -0.2) is 0 Å². The topological polar surface area (TPSA) is 68.0 Å². The number of carboxylic acid groups (broad SMARTS) is 1. The summed E-state index contributed by atoms with van der Waals surface area (Å²) in [5, 5.41) is 16.1. The van der Waals surface area contributed by atoms with E-state index in [2.05, 4.69) is 31.6 Å². The maximum atomic E-state index is 10.6. The van der Waals surface area contributed by atoms with Gasteiger partial charge >= 0.3 is 85.4 Å². The number of rotatable bonds is 1. The number of nitrogens with zero attached hydrogens (tertiary/aromatic N) is 3. The van der Waals surface area contributed by atoms with Crippen LogP contribution in [0.15, 0.2) is 18.2 Å². The van der Waals surface area contributed by atoms with Gasteiger partial charge in [-0.2, -0.15) is 0 Å².